The predicted octanol–water partition coefficient (Wildman–Crippen LogP) is 0.0491. The van der Waals surface area contributed by atoms with Crippen LogP contribution in [-0.2, 0) is 20.9 Å². The van der Waals surface area contributed by atoms with E-state index in [9.17, 15) is 0 Å². The molecule has 1 fully saturated rings. The summed E-state index contributed by atoms with van der Waals surface area (Å²) in [5, 5.41) is 18.2. The molecule has 0 aromatic carbocycles. The van der Waals surface area contributed by atoms with E-state index >= 15 is 0 Å². The molecule has 0 spiro atoms. The summed E-state index contributed by atoms with van der Waals surface area (Å²) in [7, 11) is 0. The molecule has 1 saturated heterocycles. The Morgan fingerprint density at radius 1 is 1.22 bits per heavy atom. The molecular formula is C15H23N3O5. The molecule has 1 aromatic rings. The predicted molar refractivity (Wildman–Crippen MR) is 83.1 cm³/mol. The van der Waals surface area contributed by atoms with E-state index in [4.69, 9.17) is 24.5 Å². The van der Waals surface area contributed by atoms with Gasteiger partial charge in [0.1, 0.15) is 0 Å². The van der Waals surface area contributed by atoms with Crippen molar-refractivity contribution >= 4 is 11.9 Å². The summed E-state index contributed by atoms with van der Waals surface area (Å²) in [6.07, 6.45) is 3.03. The third-order valence-electron chi connectivity index (χ3n) is 3.15. The van der Waals surface area contributed by atoms with Gasteiger partial charge in [0.15, 0.2) is 0 Å². The van der Waals surface area contributed by atoms with Gasteiger partial charge in [0.25, 0.3) is 0 Å². The zero-order valence-corrected chi connectivity index (χ0v) is 13.0. The Bertz CT molecular complexity index is 451. The van der Waals surface area contributed by atoms with Crippen LogP contribution in [0.25, 0.3) is 0 Å². The van der Waals surface area contributed by atoms with Gasteiger partial charge in [-0.1, -0.05) is 6.07 Å². The van der Waals surface area contributed by atoms with Crippen LogP contribution in [0.4, 0.5) is 0 Å². The summed E-state index contributed by atoms with van der Waals surface area (Å²) >= 11 is 0. The number of ether oxygens (including phenoxy) is 1. The zero-order chi connectivity index (χ0) is 16.9. The summed E-state index contributed by atoms with van der Waals surface area (Å²) in [5.74, 6) is -3.65. The lowest BCUT2D eigenvalue weighted by Gasteiger charge is -2.26. The molecule has 0 unspecified atom stereocenters. The first kappa shape index (κ1) is 19.0. The van der Waals surface area contributed by atoms with Crippen LogP contribution in [0.2, 0.25) is 0 Å². The van der Waals surface area contributed by atoms with Crippen LogP contribution in [0.5, 0.6) is 0 Å². The summed E-state index contributed by atoms with van der Waals surface area (Å²) in [5.41, 5.74) is 1.11. The monoisotopic (exact) mass is 325 g/mol. The molecule has 0 bridgehead atoms. The van der Waals surface area contributed by atoms with Crippen molar-refractivity contribution in [3.8, 4) is 0 Å². The third kappa shape index (κ3) is 9.56. The maximum Gasteiger partial charge on any atom is 0.414 e. The van der Waals surface area contributed by atoms with Crippen molar-refractivity contribution in [3.63, 3.8) is 0 Å². The first-order valence-electron chi connectivity index (χ1n) is 7.46. The van der Waals surface area contributed by atoms with Gasteiger partial charge < -0.3 is 20.3 Å². The van der Waals surface area contributed by atoms with E-state index in [1.165, 1.54) is 13.0 Å². The normalized spacial score (nSPS) is 14.6. The number of nitrogens with one attached hydrogen (secondary N) is 1. The number of morpholine rings is 1. The number of pyridine rings is 1. The van der Waals surface area contributed by atoms with Gasteiger partial charge in [0.05, 0.1) is 18.9 Å². The van der Waals surface area contributed by atoms with Crippen molar-refractivity contribution in [1.82, 2.24) is 15.2 Å². The zero-order valence-electron chi connectivity index (χ0n) is 13.0. The van der Waals surface area contributed by atoms with E-state index in [1.807, 2.05) is 18.3 Å². The minimum absolute atomic E-state index is 0.865. The molecule has 1 aromatic heterocycles. The van der Waals surface area contributed by atoms with Gasteiger partial charge in [0, 0.05) is 25.8 Å². The Morgan fingerprint density at radius 3 is 2.48 bits per heavy atom. The Kier molecular flexibility index (Phi) is 9.53. The van der Waals surface area contributed by atoms with Crippen molar-refractivity contribution in [1.29, 1.82) is 0 Å². The average Bonchev–Trinajstić information content (AvgIpc) is 2.57. The van der Waals surface area contributed by atoms with E-state index in [-0.39, 0.29) is 0 Å². The number of rotatable bonds is 6. The third-order valence-corrected chi connectivity index (χ3v) is 3.15. The second-order valence-corrected chi connectivity index (χ2v) is 4.92. The van der Waals surface area contributed by atoms with Gasteiger partial charge in [-0.25, -0.2) is 9.59 Å². The van der Waals surface area contributed by atoms with Crippen LogP contribution >= 0.6 is 0 Å². The number of hydrogen-bond donors (Lipinski definition) is 3. The Labute approximate surface area is 135 Å². The Morgan fingerprint density at radius 2 is 1.91 bits per heavy atom. The molecule has 2 rings (SSSR count). The summed E-state index contributed by atoms with van der Waals surface area (Å²) < 4.78 is 5.32. The number of carboxylic acids is 2. The molecule has 0 saturated carbocycles. The highest BCUT2D eigenvalue weighted by Crippen LogP contribution is 1.97. The van der Waals surface area contributed by atoms with Gasteiger partial charge in [-0.2, -0.15) is 0 Å². The van der Waals surface area contributed by atoms with E-state index in [0.717, 1.165) is 45.1 Å². The standard InChI is InChI=1S/C13H21N3O.C2H2O4/c1-2-6-15-13(4-1)12-14-5-3-7-16-8-10-17-11-9-16;3-1(4)2(5)6/h1-2,4,6,14H,3,5,7-12H2;(H,3,4)(H,5,6). The van der Waals surface area contributed by atoms with Gasteiger partial charge >= 0.3 is 11.9 Å². The number of hydrogen-bond acceptors (Lipinski definition) is 6. The Hall–Kier alpha value is -2.03. The van der Waals surface area contributed by atoms with Crippen molar-refractivity contribution in [2.24, 2.45) is 0 Å². The van der Waals surface area contributed by atoms with Crippen molar-refractivity contribution in [3.05, 3.63) is 30.1 Å². The highest BCUT2D eigenvalue weighted by molar-refractivity contribution is 6.27. The van der Waals surface area contributed by atoms with Gasteiger partial charge in [-0.05, 0) is 31.6 Å². The topological polar surface area (TPSA) is 112 Å². The van der Waals surface area contributed by atoms with Crippen LogP contribution in [0.1, 0.15) is 12.1 Å². The van der Waals surface area contributed by atoms with E-state index in [1.54, 1.807) is 0 Å². The molecule has 0 aliphatic carbocycles. The first-order valence-corrected chi connectivity index (χ1v) is 7.46. The first-order chi connectivity index (χ1) is 11.1. The number of carboxylic acid groups (broad SMARTS) is 2. The highest BCUT2D eigenvalue weighted by atomic mass is 16.5. The van der Waals surface area contributed by atoms with Crippen molar-refractivity contribution < 1.29 is 24.5 Å². The average molecular weight is 325 g/mol. The molecule has 2 heterocycles. The number of aliphatic carboxylic acids is 2. The van der Waals surface area contributed by atoms with Crippen molar-refractivity contribution in [2.75, 3.05) is 39.4 Å². The minimum Gasteiger partial charge on any atom is -0.473 e. The van der Waals surface area contributed by atoms with Crippen LogP contribution in [0.3, 0.4) is 0 Å². The van der Waals surface area contributed by atoms with Crippen LogP contribution < -0.4 is 5.32 Å². The minimum atomic E-state index is -1.82. The lowest BCUT2D eigenvalue weighted by atomic mass is 10.3. The van der Waals surface area contributed by atoms with Crippen LogP contribution in [0, 0.1) is 0 Å². The maximum absolute atomic E-state index is 9.10. The number of carbonyl (C=O) groups is 2. The fourth-order valence-electron chi connectivity index (χ4n) is 1.97. The summed E-state index contributed by atoms with van der Waals surface area (Å²) in [6, 6.07) is 6.02. The molecule has 0 amide bonds. The second kappa shape index (κ2) is 11.5. The lowest BCUT2D eigenvalue weighted by molar-refractivity contribution is -0.159. The van der Waals surface area contributed by atoms with E-state index in [2.05, 4.69) is 21.3 Å². The van der Waals surface area contributed by atoms with Gasteiger partial charge in [-0.3, -0.25) is 9.88 Å². The molecule has 23 heavy (non-hydrogen) atoms. The van der Waals surface area contributed by atoms with E-state index < -0.39 is 11.9 Å². The molecule has 128 valence electrons. The molecule has 0 radical (unpaired) electrons. The molecule has 8 heteroatoms. The van der Waals surface area contributed by atoms with Crippen LogP contribution in [0.15, 0.2) is 24.4 Å². The largest absolute Gasteiger partial charge is 0.473 e. The van der Waals surface area contributed by atoms with Gasteiger partial charge in [-0.15, -0.1) is 0 Å². The molecule has 8 nitrogen and oxygen atoms in total. The smallest absolute Gasteiger partial charge is 0.414 e. The summed E-state index contributed by atoms with van der Waals surface area (Å²) in [4.78, 5) is 24.9. The number of nitrogens with zero attached hydrogens (tertiary/aromatic N) is 2. The molecule has 1 aliphatic rings. The fourth-order valence-corrected chi connectivity index (χ4v) is 1.97. The number of aromatic nitrogens is 1. The molecule has 1 aliphatic heterocycles. The maximum atomic E-state index is 9.10. The highest BCUT2D eigenvalue weighted by Gasteiger charge is 2.08. The summed E-state index contributed by atoms with van der Waals surface area (Å²) in [6.45, 7) is 7.03. The lowest BCUT2D eigenvalue weighted by Crippen LogP contribution is -2.37. The van der Waals surface area contributed by atoms with Crippen LogP contribution in [-0.4, -0.2) is 71.4 Å². The SMILES string of the molecule is O=C(O)C(=O)O.c1ccc(CNCCCN2CCOCC2)nc1. The molecular weight excluding hydrogens is 302 g/mol. The Balaban J connectivity index is 0.000000379. The second-order valence-electron chi connectivity index (χ2n) is 4.92. The van der Waals surface area contributed by atoms with E-state index in [0.29, 0.717) is 0 Å². The fraction of sp³-hybridized carbons (Fsp3) is 0.533. The van der Waals surface area contributed by atoms with Crippen molar-refractivity contribution in [2.45, 2.75) is 13.0 Å². The van der Waals surface area contributed by atoms with Gasteiger partial charge in [0.2, 0.25) is 0 Å². The molecule has 0 atom stereocenters. The molecule has 3 N–H and O–H groups in total. The quantitative estimate of drug-likeness (QED) is 0.497.